The maximum absolute atomic E-state index is 10.0. The molecule has 1 aromatic carbocycles. The van der Waals surface area contributed by atoms with Gasteiger partial charge in [-0.25, -0.2) is 0 Å². The number of aliphatic hydroxyl groups is 1. The fraction of sp³-hybridized carbons (Fsp3) is 0.727. The van der Waals surface area contributed by atoms with Gasteiger partial charge in [0, 0.05) is 19.8 Å². The van der Waals surface area contributed by atoms with Crippen LogP contribution in [-0.2, 0) is 10.2 Å². The Morgan fingerprint density at radius 3 is 2.31 bits per heavy atom. The Labute approximate surface area is 160 Å². The topological polar surface area (TPSA) is 50.7 Å². The summed E-state index contributed by atoms with van der Waals surface area (Å²) in [6.07, 6.45) is 1.56. The lowest BCUT2D eigenvalue weighted by atomic mass is 9.72. The third kappa shape index (κ3) is 9.56. The van der Waals surface area contributed by atoms with Crippen LogP contribution in [-0.4, -0.2) is 44.1 Å². The van der Waals surface area contributed by atoms with Crippen molar-refractivity contribution >= 4 is 0 Å². The van der Waals surface area contributed by atoms with Crippen molar-refractivity contribution in [3.8, 4) is 5.75 Å². The van der Waals surface area contributed by atoms with E-state index in [0.29, 0.717) is 18.6 Å². The number of aliphatic hydroxyl groups excluding tert-OH is 1. The van der Waals surface area contributed by atoms with Crippen LogP contribution in [0.2, 0.25) is 0 Å². The molecule has 0 spiro atoms. The molecule has 1 atom stereocenters. The van der Waals surface area contributed by atoms with Crippen molar-refractivity contribution in [1.82, 2.24) is 5.32 Å². The van der Waals surface area contributed by atoms with Crippen molar-refractivity contribution in [2.24, 2.45) is 5.41 Å². The number of ether oxygens (including phenoxy) is 2. The average Bonchev–Trinajstić information content (AvgIpc) is 2.54. The molecule has 1 unspecified atom stereocenters. The first-order valence-electron chi connectivity index (χ1n) is 9.84. The van der Waals surface area contributed by atoms with Gasteiger partial charge in [-0.1, -0.05) is 46.8 Å². The molecule has 0 radical (unpaired) electrons. The summed E-state index contributed by atoms with van der Waals surface area (Å²) in [5, 5.41) is 13.2. The molecule has 0 aromatic heterocycles. The van der Waals surface area contributed by atoms with E-state index in [1.54, 1.807) is 0 Å². The summed E-state index contributed by atoms with van der Waals surface area (Å²) in [6, 6.07) is 8.28. The number of nitrogens with one attached hydrogen (secondary N) is 1. The quantitative estimate of drug-likeness (QED) is 0.546. The van der Waals surface area contributed by atoms with Gasteiger partial charge in [-0.2, -0.15) is 0 Å². The van der Waals surface area contributed by atoms with Gasteiger partial charge in [0.15, 0.2) is 0 Å². The van der Waals surface area contributed by atoms with Crippen LogP contribution in [0.3, 0.4) is 0 Å². The molecule has 0 heterocycles. The fourth-order valence-electron chi connectivity index (χ4n) is 3.39. The molecule has 150 valence electrons. The molecule has 4 heteroatoms. The number of rotatable bonds is 12. The Kier molecular flexibility index (Phi) is 9.62. The second-order valence-electron chi connectivity index (χ2n) is 8.87. The Bertz CT molecular complexity index is 491. The molecule has 2 N–H and O–H groups in total. The molecule has 4 nitrogen and oxygen atoms in total. The molecular weight excluding hydrogens is 326 g/mol. The van der Waals surface area contributed by atoms with E-state index in [1.807, 2.05) is 19.1 Å². The fourth-order valence-corrected chi connectivity index (χ4v) is 3.39. The molecule has 0 saturated carbocycles. The van der Waals surface area contributed by atoms with E-state index >= 15 is 0 Å². The predicted molar refractivity (Wildman–Crippen MR) is 109 cm³/mol. The number of hydrogen-bond acceptors (Lipinski definition) is 4. The molecule has 0 amide bonds. The van der Waals surface area contributed by atoms with Crippen molar-refractivity contribution in [2.45, 2.75) is 65.9 Å². The van der Waals surface area contributed by atoms with E-state index in [0.717, 1.165) is 38.3 Å². The van der Waals surface area contributed by atoms with Crippen LogP contribution in [0.25, 0.3) is 0 Å². The Hall–Kier alpha value is -1.10. The molecule has 0 aliphatic rings. The predicted octanol–water partition coefficient (Wildman–Crippen LogP) is 4.16. The molecular formula is C22H39NO3. The highest BCUT2D eigenvalue weighted by Crippen LogP contribution is 2.36. The summed E-state index contributed by atoms with van der Waals surface area (Å²) in [5.74, 6) is 0.802. The lowest BCUT2D eigenvalue weighted by Crippen LogP contribution is -2.32. The summed E-state index contributed by atoms with van der Waals surface area (Å²) < 4.78 is 11.0. The van der Waals surface area contributed by atoms with Crippen LogP contribution >= 0.6 is 0 Å². The normalized spacial score (nSPS) is 13.7. The van der Waals surface area contributed by atoms with Gasteiger partial charge in [0.1, 0.15) is 18.5 Å². The van der Waals surface area contributed by atoms with Crippen LogP contribution in [0.1, 0.15) is 59.9 Å². The zero-order valence-corrected chi connectivity index (χ0v) is 17.6. The SMILES string of the molecule is CCOCCCNCC(O)COc1ccc(C(C)(C)CC(C)(C)C)cc1. The summed E-state index contributed by atoms with van der Waals surface area (Å²) in [6.45, 7) is 16.6. The molecule has 1 rings (SSSR count). The smallest absolute Gasteiger partial charge is 0.119 e. The van der Waals surface area contributed by atoms with Crippen molar-refractivity contribution in [2.75, 3.05) is 32.9 Å². The second kappa shape index (κ2) is 10.9. The van der Waals surface area contributed by atoms with E-state index in [9.17, 15) is 5.11 Å². The zero-order valence-electron chi connectivity index (χ0n) is 17.6. The molecule has 1 aromatic rings. The largest absolute Gasteiger partial charge is 0.491 e. The van der Waals surface area contributed by atoms with E-state index in [2.05, 4.69) is 52.1 Å². The lowest BCUT2D eigenvalue weighted by molar-refractivity contribution is 0.104. The summed E-state index contributed by atoms with van der Waals surface area (Å²) >= 11 is 0. The van der Waals surface area contributed by atoms with E-state index < -0.39 is 6.10 Å². The van der Waals surface area contributed by atoms with Crippen LogP contribution in [0.4, 0.5) is 0 Å². The van der Waals surface area contributed by atoms with Crippen molar-refractivity contribution < 1.29 is 14.6 Å². The Morgan fingerprint density at radius 2 is 1.73 bits per heavy atom. The van der Waals surface area contributed by atoms with E-state index in [4.69, 9.17) is 9.47 Å². The molecule has 0 aliphatic heterocycles. The highest BCUT2D eigenvalue weighted by molar-refractivity contribution is 5.31. The van der Waals surface area contributed by atoms with E-state index in [1.165, 1.54) is 5.56 Å². The summed E-state index contributed by atoms with van der Waals surface area (Å²) in [4.78, 5) is 0. The van der Waals surface area contributed by atoms with Gasteiger partial charge in [-0.15, -0.1) is 0 Å². The first kappa shape index (κ1) is 22.9. The second-order valence-corrected chi connectivity index (χ2v) is 8.87. The molecule has 0 fully saturated rings. The minimum atomic E-state index is -0.515. The van der Waals surface area contributed by atoms with Crippen LogP contribution < -0.4 is 10.1 Å². The lowest BCUT2D eigenvalue weighted by Gasteiger charge is -2.33. The zero-order chi connectivity index (χ0) is 19.6. The van der Waals surface area contributed by atoms with Gasteiger partial charge in [-0.05, 0) is 54.8 Å². The van der Waals surface area contributed by atoms with Crippen LogP contribution in [0, 0.1) is 5.41 Å². The van der Waals surface area contributed by atoms with Crippen LogP contribution in [0.5, 0.6) is 5.75 Å². The standard InChI is InChI=1S/C22H39NO3/c1-7-25-14-8-13-23-15-19(24)16-26-20-11-9-18(10-12-20)22(5,6)17-21(2,3)4/h9-12,19,23-24H,7-8,13-17H2,1-6H3. The third-order valence-electron chi connectivity index (χ3n) is 4.28. The van der Waals surface area contributed by atoms with Crippen molar-refractivity contribution in [1.29, 1.82) is 0 Å². The number of hydrogen-bond donors (Lipinski definition) is 2. The van der Waals surface area contributed by atoms with E-state index in [-0.39, 0.29) is 5.41 Å². The minimum absolute atomic E-state index is 0.127. The summed E-state index contributed by atoms with van der Waals surface area (Å²) in [5.41, 5.74) is 1.73. The average molecular weight is 366 g/mol. The monoisotopic (exact) mass is 365 g/mol. The first-order chi connectivity index (χ1) is 12.1. The van der Waals surface area contributed by atoms with Crippen molar-refractivity contribution in [3.63, 3.8) is 0 Å². The Morgan fingerprint density at radius 1 is 1.08 bits per heavy atom. The van der Waals surface area contributed by atoms with Crippen LogP contribution in [0.15, 0.2) is 24.3 Å². The van der Waals surface area contributed by atoms with Gasteiger partial charge in [0.05, 0.1) is 0 Å². The van der Waals surface area contributed by atoms with Gasteiger partial charge < -0.3 is 19.9 Å². The Balaban J connectivity index is 2.36. The van der Waals surface area contributed by atoms with Crippen molar-refractivity contribution in [3.05, 3.63) is 29.8 Å². The highest BCUT2D eigenvalue weighted by Gasteiger charge is 2.27. The molecule has 0 bridgehead atoms. The molecule has 0 saturated heterocycles. The first-order valence-corrected chi connectivity index (χ1v) is 9.84. The third-order valence-corrected chi connectivity index (χ3v) is 4.28. The highest BCUT2D eigenvalue weighted by atomic mass is 16.5. The van der Waals surface area contributed by atoms with Gasteiger partial charge >= 0.3 is 0 Å². The number of benzene rings is 1. The molecule has 0 aliphatic carbocycles. The maximum atomic E-state index is 10.0. The van der Waals surface area contributed by atoms with Gasteiger partial charge in [0.2, 0.25) is 0 Å². The summed E-state index contributed by atoms with van der Waals surface area (Å²) in [7, 11) is 0. The minimum Gasteiger partial charge on any atom is -0.491 e. The van der Waals surface area contributed by atoms with Gasteiger partial charge in [0.25, 0.3) is 0 Å². The molecule has 26 heavy (non-hydrogen) atoms. The van der Waals surface area contributed by atoms with Gasteiger partial charge in [-0.3, -0.25) is 0 Å². The maximum Gasteiger partial charge on any atom is 0.119 e.